The van der Waals surface area contributed by atoms with E-state index in [4.69, 9.17) is 18.9 Å². The summed E-state index contributed by atoms with van der Waals surface area (Å²) >= 11 is 0. The Morgan fingerprint density at radius 3 is 1.98 bits per heavy atom. The van der Waals surface area contributed by atoms with E-state index in [1.807, 2.05) is 79.7 Å². The Balaban J connectivity index is 1.23. The third-order valence-corrected chi connectivity index (χ3v) is 12.1. The standard InChI is InChI=1S/C41H57NO6S/c1-3-41(47-29-30-48-41)28-16-8-6-4-5-7-15-21-37-24-27-40(46-32-36-19-13-10-14-20-36)39(33-45-31-35-17-11-9-12-18-35)42(37)49(43,44)38-25-22-34(2)23-26-38/h9-14,17-20,22-23,25-26,37,39-40H,3-8,15-16,21,24,27-33H2,1-2H3/t37-,39+,40-/m0/s1. The number of piperidine rings is 1. The molecular weight excluding hydrogens is 635 g/mol. The fourth-order valence-corrected chi connectivity index (χ4v) is 9.17. The summed E-state index contributed by atoms with van der Waals surface area (Å²) in [4.78, 5) is 0.332. The summed E-state index contributed by atoms with van der Waals surface area (Å²) in [6.45, 7) is 6.67. The second-order valence-electron chi connectivity index (χ2n) is 13.8. The fourth-order valence-electron chi connectivity index (χ4n) is 7.29. The second kappa shape index (κ2) is 19.1. The smallest absolute Gasteiger partial charge is 0.243 e. The van der Waals surface area contributed by atoms with Gasteiger partial charge in [0, 0.05) is 12.5 Å². The molecule has 0 bridgehead atoms. The summed E-state index contributed by atoms with van der Waals surface area (Å²) in [5, 5.41) is 0. The van der Waals surface area contributed by atoms with Gasteiger partial charge in [0.15, 0.2) is 5.79 Å². The van der Waals surface area contributed by atoms with Crippen molar-refractivity contribution in [3.63, 3.8) is 0 Å². The third kappa shape index (κ3) is 10.9. The first-order chi connectivity index (χ1) is 23.9. The van der Waals surface area contributed by atoms with Crippen LogP contribution in [0.3, 0.4) is 0 Å². The normalized spacial score (nSPS) is 21.2. The molecule has 0 amide bonds. The molecule has 3 aromatic carbocycles. The van der Waals surface area contributed by atoms with Crippen molar-refractivity contribution in [3.05, 3.63) is 102 Å². The Morgan fingerprint density at radius 1 is 0.755 bits per heavy atom. The first-order valence-corrected chi connectivity index (χ1v) is 20.0. The van der Waals surface area contributed by atoms with Gasteiger partial charge in [0.05, 0.1) is 50.1 Å². The number of nitrogens with zero attached hydrogens (tertiary/aromatic N) is 1. The van der Waals surface area contributed by atoms with Gasteiger partial charge in [-0.15, -0.1) is 0 Å². The minimum absolute atomic E-state index is 0.107. The van der Waals surface area contributed by atoms with Crippen molar-refractivity contribution in [1.29, 1.82) is 0 Å². The zero-order chi connectivity index (χ0) is 34.4. The Morgan fingerprint density at radius 2 is 1.35 bits per heavy atom. The predicted octanol–water partition coefficient (Wildman–Crippen LogP) is 8.98. The molecule has 268 valence electrons. The maximum atomic E-state index is 14.5. The van der Waals surface area contributed by atoms with Crippen molar-refractivity contribution >= 4 is 10.0 Å². The third-order valence-electron chi connectivity index (χ3n) is 10.2. The van der Waals surface area contributed by atoms with E-state index in [-0.39, 0.29) is 24.5 Å². The number of hydrogen-bond donors (Lipinski definition) is 0. The lowest BCUT2D eigenvalue weighted by Crippen LogP contribution is -2.58. The van der Waals surface area contributed by atoms with Crippen molar-refractivity contribution in [2.75, 3.05) is 19.8 Å². The minimum atomic E-state index is -3.81. The number of sulfonamides is 1. The van der Waals surface area contributed by atoms with Gasteiger partial charge in [-0.05, 0) is 62.3 Å². The molecule has 0 unspecified atom stereocenters. The summed E-state index contributed by atoms with van der Waals surface area (Å²) in [7, 11) is -3.81. The molecule has 2 aliphatic heterocycles. The van der Waals surface area contributed by atoms with Crippen LogP contribution in [-0.2, 0) is 42.2 Å². The van der Waals surface area contributed by atoms with Gasteiger partial charge in [0.2, 0.25) is 10.0 Å². The highest BCUT2D eigenvalue weighted by Gasteiger charge is 2.45. The van der Waals surface area contributed by atoms with E-state index in [1.54, 1.807) is 16.4 Å². The Kier molecular flexibility index (Phi) is 14.7. The molecule has 7 nitrogen and oxygen atoms in total. The first-order valence-electron chi connectivity index (χ1n) is 18.6. The molecule has 0 N–H and O–H groups in total. The van der Waals surface area contributed by atoms with Gasteiger partial charge in [-0.1, -0.05) is 124 Å². The number of rotatable bonds is 20. The fraction of sp³-hybridized carbons (Fsp3) is 0.561. The highest BCUT2D eigenvalue weighted by molar-refractivity contribution is 7.89. The highest BCUT2D eigenvalue weighted by atomic mass is 32.2. The van der Waals surface area contributed by atoms with E-state index in [0.29, 0.717) is 31.3 Å². The molecule has 8 heteroatoms. The van der Waals surface area contributed by atoms with Crippen molar-refractivity contribution in [1.82, 2.24) is 4.31 Å². The number of ether oxygens (including phenoxy) is 4. The van der Waals surface area contributed by atoms with Crippen LogP contribution in [0.1, 0.15) is 101 Å². The van der Waals surface area contributed by atoms with Crippen LogP contribution < -0.4 is 0 Å². The van der Waals surface area contributed by atoms with E-state index in [1.165, 1.54) is 19.3 Å². The molecule has 2 fully saturated rings. The predicted molar refractivity (Wildman–Crippen MR) is 195 cm³/mol. The average molecular weight is 692 g/mol. The van der Waals surface area contributed by atoms with E-state index in [9.17, 15) is 8.42 Å². The molecule has 2 aliphatic rings. The van der Waals surface area contributed by atoms with Crippen LogP contribution in [0.5, 0.6) is 0 Å². The molecule has 0 aromatic heterocycles. The van der Waals surface area contributed by atoms with Crippen molar-refractivity contribution in [3.8, 4) is 0 Å². The van der Waals surface area contributed by atoms with Crippen LogP contribution in [0.4, 0.5) is 0 Å². The molecule has 0 aliphatic carbocycles. The Bertz CT molecular complexity index is 1460. The van der Waals surface area contributed by atoms with Gasteiger partial charge >= 0.3 is 0 Å². The second-order valence-corrected chi connectivity index (χ2v) is 15.6. The van der Waals surface area contributed by atoms with Gasteiger partial charge in [0.25, 0.3) is 0 Å². The van der Waals surface area contributed by atoms with Crippen LogP contribution in [0.2, 0.25) is 0 Å². The number of unbranched alkanes of at least 4 members (excludes halogenated alkanes) is 6. The highest BCUT2D eigenvalue weighted by Crippen LogP contribution is 2.35. The van der Waals surface area contributed by atoms with Crippen molar-refractivity contribution in [2.24, 2.45) is 0 Å². The van der Waals surface area contributed by atoms with Gasteiger partial charge in [-0.25, -0.2) is 8.42 Å². The Labute approximate surface area is 295 Å². The largest absolute Gasteiger partial charge is 0.375 e. The van der Waals surface area contributed by atoms with Crippen LogP contribution in [-0.4, -0.2) is 56.5 Å². The number of hydrogen-bond acceptors (Lipinski definition) is 6. The Hall–Kier alpha value is -2.59. The SMILES string of the molecule is CCC1(CCCCCCCCC[C@H]2CC[C@H](OCc3ccccc3)[C@@H](COCc3ccccc3)N2S(=O)(=O)c2ccc(C)cc2)OCCO1. The molecule has 3 atom stereocenters. The van der Waals surface area contributed by atoms with Crippen LogP contribution in [0.15, 0.2) is 89.8 Å². The zero-order valence-electron chi connectivity index (χ0n) is 29.6. The monoisotopic (exact) mass is 691 g/mol. The lowest BCUT2D eigenvalue weighted by Gasteiger charge is -2.45. The summed E-state index contributed by atoms with van der Waals surface area (Å²) in [5.74, 6) is -0.346. The van der Waals surface area contributed by atoms with E-state index in [2.05, 4.69) is 6.92 Å². The summed E-state index contributed by atoms with van der Waals surface area (Å²) in [5.41, 5.74) is 3.17. The maximum absolute atomic E-state index is 14.5. The van der Waals surface area contributed by atoms with Gasteiger partial charge < -0.3 is 18.9 Å². The van der Waals surface area contributed by atoms with Crippen LogP contribution in [0, 0.1) is 6.92 Å². The first kappa shape index (κ1) is 37.7. The molecule has 49 heavy (non-hydrogen) atoms. The van der Waals surface area contributed by atoms with Gasteiger partial charge in [0.1, 0.15) is 0 Å². The van der Waals surface area contributed by atoms with Crippen LogP contribution >= 0.6 is 0 Å². The molecule has 2 saturated heterocycles. The number of aryl methyl sites for hydroxylation is 1. The quantitative estimate of drug-likeness (QED) is 0.110. The topological polar surface area (TPSA) is 74.3 Å². The summed E-state index contributed by atoms with van der Waals surface area (Å²) in [6.07, 6.45) is 12.0. The molecule has 5 rings (SSSR count). The minimum Gasteiger partial charge on any atom is -0.375 e. The molecular formula is C41H57NO6S. The van der Waals surface area contributed by atoms with Crippen molar-refractivity contribution < 1.29 is 27.4 Å². The maximum Gasteiger partial charge on any atom is 0.243 e. The summed E-state index contributed by atoms with van der Waals surface area (Å²) in [6, 6.07) is 26.9. The lowest BCUT2D eigenvalue weighted by atomic mass is 9.92. The molecule has 0 radical (unpaired) electrons. The van der Waals surface area contributed by atoms with E-state index in [0.717, 1.165) is 74.5 Å². The molecule has 0 saturated carbocycles. The van der Waals surface area contributed by atoms with Gasteiger partial charge in [-0.3, -0.25) is 0 Å². The molecule has 3 aromatic rings. The summed E-state index contributed by atoms with van der Waals surface area (Å²) < 4.78 is 55.5. The average Bonchev–Trinajstić information content (AvgIpc) is 3.60. The van der Waals surface area contributed by atoms with Gasteiger partial charge in [-0.2, -0.15) is 4.31 Å². The molecule has 0 spiro atoms. The van der Waals surface area contributed by atoms with E-state index >= 15 is 0 Å². The van der Waals surface area contributed by atoms with Crippen LogP contribution in [0.25, 0.3) is 0 Å². The van der Waals surface area contributed by atoms with Crippen molar-refractivity contribution in [2.45, 2.75) is 133 Å². The lowest BCUT2D eigenvalue weighted by molar-refractivity contribution is -0.164. The van der Waals surface area contributed by atoms with E-state index < -0.39 is 16.1 Å². The number of benzene rings is 3. The molecule has 2 heterocycles. The zero-order valence-corrected chi connectivity index (χ0v) is 30.5.